The number of hydrogen-bond acceptors (Lipinski definition) is 1. The lowest BCUT2D eigenvalue weighted by Crippen LogP contribution is -2.05. The van der Waals surface area contributed by atoms with Crippen LogP contribution in [-0.2, 0) is 12.8 Å². The molecule has 0 amide bonds. The van der Waals surface area contributed by atoms with Crippen LogP contribution in [-0.4, -0.2) is 4.98 Å². The van der Waals surface area contributed by atoms with E-state index in [1.165, 1.54) is 27.9 Å². The van der Waals surface area contributed by atoms with Crippen LogP contribution in [0.1, 0.15) is 16.7 Å². The SMILES string of the molecule is Cc1ccc2c(c1)-c1ncccc1CC2. The standard InChI is InChI=1S/C14H13N/c1-10-4-5-11-6-7-12-3-2-8-15-14(12)13(11)9-10/h2-5,8-9H,6-7H2,1H3. The topological polar surface area (TPSA) is 12.9 Å². The van der Waals surface area contributed by atoms with Crippen molar-refractivity contribution < 1.29 is 0 Å². The smallest absolute Gasteiger partial charge is 0.0736 e. The minimum absolute atomic E-state index is 1.12. The van der Waals surface area contributed by atoms with E-state index in [1.807, 2.05) is 12.3 Å². The zero-order valence-electron chi connectivity index (χ0n) is 8.83. The molecule has 0 saturated heterocycles. The normalized spacial score (nSPS) is 13.1. The molecule has 0 fully saturated rings. The van der Waals surface area contributed by atoms with E-state index in [2.05, 4.69) is 36.2 Å². The van der Waals surface area contributed by atoms with Gasteiger partial charge in [-0.25, -0.2) is 0 Å². The van der Waals surface area contributed by atoms with Crippen molar-refractivity contribution in [1.82, 2.24) is 4.98 Å². The highest BCUT2D eigenvalue weighted by molar-refractivity contribution is 5.70. The van der Waals surface area contributed by atoms with Crippen molar-refractivity contribution >= 4 is 0 Å². The van der Waals surface area contributed by atoms with E-state index in [0.29, 0.717) is 0 Å². The number of benzene rings is 1. The highest BCUT2D eigenvalue weighted by Crippen LogP contribution is 2.31. The van der Waals surface area contributed by atoms with Gasteiger partial charge in [0.25, 0.3) is 0 Å². The Balaban J connectivity index is 2.28. The van der Waals surface area contributed by atoms with Gasteiger partial charge in [0, 0.05) is 11.8 Å². The third-order valence-electron chi connectivity index (χ3n) is 3.08. The van der Waals surface area contributed by atoms with Gasteiger partial charge in [-0.05, 0) is 43.0 Å². The van der Waals surface area contributed by atoms with Crippen LogP contribution in [0.4, 0.5) is 0 Å². The second kappa shape index (κ2) is 3.20. The van der Waals surface area contributed by atoms with Crippen LogP contribution in [0, 0.1) is 6.92 Å². The van der Waals surface area contributed by atoms with E-state index in [1.54, 1.807) is 0 Å². The predicted molar refractivity (Wildman–Crippen MR) is 61.8 cm³/mol. The molecule has 0 bridgehead atoms. The minimum atomic E-state index is 1.12. The summed E-state index contributed by atoms with van der Waals surface area (Å²) in [5.41, 5.74) is 6.65. The molecule has 0 saturated carbocycles. The maximum Gasteiger partial charge on any atom is 0.0736 e. The first-order valence-electron chi connectivity index (χ1n) is 5.38. The van der Waals surface area contributed by atoms with Gasteiger partial charge in [-0.3, -0.25) is 4.98 Å². The molecule has 1 heterocycles. The lowest BCUT2D eigenvalue weighted by atomic mass is 9.88. The maximum atomic E-state index is 4.50. The Labute approximate surface area is 89.8 Å². The molecule has 3 rings (SSSR count). The van der Waals surface area contributed by atoms with Gasteiger partial charge in [-0.15, -0.1) is 0 Å². The Morgan fingerprint density at radius 2 is 1.93 bits per heavy atom. The van der Waals surface area contributed by atoms with Crippen LogP contribution in [0.3, 0.4) is 0 Å². The quantitative estimate of drug-likeness (QED) is 0.629. The summed E-state index contributed by atoms with van der Waals surface area (Å²) in [4.78, 5) is 4.50. The molecule has 0 unspecified atom stereocenters. The van der Waals surface area contributed by atoms with Crippen LogP contribution < -0.4 is 0 Å². The van der Waals surface area contributed by atoms with Crippen molar-refractivity contribution in [1.29, 1.82) is 0 Å². The van der Waals surface area contributed by atoms with Crippen molar-refractivity contribution in [3.05, 3.63) is 53.2 Å². The Bertz CT molecular complexity index is 514. The number of fused-ring (bicyclic) bond motifs is 3. The van der Waals surface area contributed by atoms with E-state index in [9.17, 15) is 0 Å². The van der Waals surface area contributed by atoms with Gasteiger partial charge < -0.3 is 0 Å². The molecule has 0 radical (unpaired) electrons. The predicted octanol–water partition coefficient (Wildman–Crippen LogP) is 3.16. The van der Waals surface area contributed by atoms with E-state index in [-0.39, 0.29) is 0 Å². The summed E-state index contributed by atoms with van der Waals surface area (Å²) < 4.78 is 0. The summed E-state index contributed by atoms with van der Waals surface area (Å²) in [5, 5.41) is 0. The largest absolute Gasteiger partial charge is 0.256 e. The van der Waals surface area contributed by atoms with Crippen molar-refractivity contribution in [3.63, 3.8) is 0 Å². The molecule has 1 aromatic carbocycles. The first-order chi connectivity index (χ1) is 7.34. The highest BCUT2D eigenvalue weighted by atomic mass is 14.7. The van der Waals surface area contributed by atoms with Crippen molar-refractivity contribution in [2.75, 3.05) is 0 Å². The summed E-state index contributed by atoms with van der Waals surface area (Å²) in [6.07, 6.45) is 4.16. The second-order valence-corrected chi connectivity index (χ2v) is 4.17. The van der Waals surface area contributed by atoms with Crippen molar-refractivity contribution in [3.8, 4) is 11.3 Å². The molecule has 0 spiro atoms. The monoisotopic (exact) mass is 195 g/mol. The van der Waals surface area contributed by atoms with Crippen molar-refractivity contribution in [2.45, 2.75) is 19.8 Å². The van der Waals surface area contributed by atoms with Gasteiger partial charge in [0.15, 0.2) is 0 Å². The molecule has 2 aromatic rings. The molecule has 0 aliphatic heterocycles. The molecule has 0 atom stereocenters. The fourth-order valence-corrected chi connectivity index (χ4v) is 2.28. The number of aryl methyl sites for hydroxylation is 3. The van der Waals surface area contributed by atoms with Crippen LogP contribution >= 0.6 is 0 Å². The maximum absolute atomic E-state index is 4.50. The Kier molecular flexibility index (Phi) is 1.84. The van der Waals surface area contributed by atoms with Gasteiger partial charge in [0.2, 0.25) is 0 Å². The van der Waals surface area contributed by atoms with Crippen LogP contribution in [0.5, 0.6) is 0 Å². The van der Waals surface area contributed by atoms with E-state index >= 15 is 0 Å². The van der Waals surface area contributed by atoms with Gasteiger partial charge in [-0.1, -0.05) is 23.8 Å². The molecular weight excluding hydrogens is 182 g/mol. The van der Waals surface area contributed by atoms with E-state index in [4.69, 9.17) is 0 Å². The minimum Gasteiger partial charge on any atom is -0.256 e. The second-order valence-electron chi connectivity index (χ2n) is 4.17. The Hall–Kier alpha value is -1.63. The van der Waals surface area contributed by atoms with E-state index < -0.39 is 0 Å². The van der Waals surface area contributed by atoms with Crippen LogP contribution in [0.2, 0.25) is 0 Å². The summed E-state index contributed by atoms with van der Waals surface area (Å²) >= 11 is 0. The molecule has 1 aliphatic rings. The summed E-state index contributed by atoms with van der Waals surface area (Å²) in [7, 11) is 0. The summed E-state index contributed by atoms with van der Waals surface area (Å²) in [5.74, 6) is 0. The third-order valence-corrected chi connectivity index (χ3v) is 3.08. The first-order valence-corrected chi connectivity index (χ1v) is 5.38. The van der Waals surface area contributed by atoms with E-state index in [0.717, 1.165) is 12.8 Å². The molecule has 1 nitrogen and oxygen atoms in total. The fourth-order valence-electron chi connectivity index (χ4n) is 2.28. The third kappa shape index (κ3) is 1.35. The van der Waals surface area contributed by atoms with Gasteiger partial charge >= 0.3 is 0 Å². The van der Waals surface area contributed by atoms with Crippen LogP contribution in [0.25, 0.3) is 11.3 Å². The lowest BCUT2D eigenvalue weighted by molar-refractivity contribution is 0.926. The number of nitrogens with zero attached hydrogens (tertiary/aromatic N) is 1. The Morgan fingerprint density at radius 3 is 2.87 bits per heavy atom. The van der Waals surface area contributed by atoms with Crippen molar-refractivity contribution in [2.24, 2.45) is 0 Å². The van der Waals surface area contributed by atoms with Crippen LogP contribution in [0.15, 0.2) is 36.5 Å². The molecular formula is C14H13N. The fraction of sp³-hybridized carbons (Fsp3) is 0.214. The molecule has 1 aliphatic carbocycles. The van der Waals surface area contributed by atoms with Gasteiger partial charge in [0.1, 0.15) is 0 Å². The molecule has 74 valence electrons. The highest BCUT2D eigenvalue weighted by Gasteiger charge is 2.16. The summed E-state index contributed by atoms with van der Waals surface area (Å²) in [6.45, 7) is 2.14. The number of hydrogen-bond donors (Lipinski definition) is 0. The first kappa shape index (κ1) is 8.66. The number of aromatic nitrogens is 1. The van der Waals surface area contributed by atoms with Gasteiger partial charge in [0.05, 0.1) is 5.69 Å². The van der Waals surface area contributed by atoms with Gasteiger partial charge in [-0.2, -0.15) is 0 Å². The zero-order chi connectivity index (χ0) is 10.3. The number of pyridine rings is 1. The zero-order valence-corrected chi connectivity index (χ0v) is 8.83. The molecule has 15 heavy (non-hydrogen) atoms. The average Bonchev–Trinajstić information content (AvgIpc) is 2.29. The molecule has 1 heteroatoms. The molecule has 0 N–H and O–H groups in total. The summed E-state index contributed by atoms with van der Waals surface area (Å²) in [6, 6.07) is 10.9. The number of rotatable bonds is 0. The molecule has 1 aromatic heterocycles. The average molecular weight is 195 g/mol. The Morgan fingerprint density at radius 1 is 1.07 bits per heavy atom. The lowest BCUT2D eigenvalue weighted by Gasteiger charge is -2.18.